The second-order valence-corrected chi connectivity index (χ2v) is 5.80. The third-order valence-corrected chi connectivity index (χ3v) is 4.74. The molecule has 5 nitrogen and oxygen atoms in total. The Kier molecular flexibility index (Phi) is 5.76. The van der Waals surface area contributed by atoms with Crippen LogP contribution in [-0.4, -0.2) is 45.8 Å². The SMILES string of the molecule is CCN(CC)Cc1cccn1-c1nnc(N(CC)CC)s1. The van der Waals surface area contributed by atoms with Gasteiger partial charge in [0.25, 0.3) is 0 Å². The molecule has 0 fully saturated rings. The minimum Gasteiger partial charge on any atom is -0.347 e. The lowest BCUT2D eigenvalue weighted by atomic mass is 10.3. The number of anilines is 1. The summed E-state index contributed by atoms with van der Waals surface area (Å²) in [5.74, 6) is 0. The molecule has 0 aliphatic heterocycles. The van der Waals surface area contributed by atoms with E-state index in [2.05, 4.69) is 70.6 Å². The molecule has 0 saturated carbocycles. The van der Waals surface area contributed by atoms with Gasteiger partial charge in [0.2, 0.25) is 10.3 Å². The van der Waals surface area contributed by atoms with E-state index in [1.165, 1.54) is 5.69 Å². The highest BCUT2D eigenvalue weighted by Gasteiger charge is 2.13. The van der Waals surface area contributed by atoms with Crippen molar-refractivity contribution in [2.45, 2.75) is 34.2 Å². The van der Waals surface area contributed by atoms with Crippen LogP contribution in [0.3, 0.4) is 0 Å². The average Bonchev–Trinajstić information content (AvgIpc) is 3.14. The van der Waals surface area contributed by atoms with E-state index < -0.39 is 0 Å². The van der Waals surface area contributed by atoms with E-state index in [-0.39, 0.29) is 0 Å². The average molecular weight is 307 g/mol. The van der Waals surface area contributed by atoms with E-state index in [0.29, 0.717) is 0 Å². The van der Waals surface area contributed by atoms with E-state index in [9.17, 15) is 0 Å². The Labute approximate surface area is 131 Å². The zero-order valence-corrected chi connectivity index (χ0v) is 14.2. The molecule has 0 aliphatic carbocycles. The maximum Gasteiger partial charge on any atom is 0.218 e. The van der Waals surface area contributed by atoms with E-state index in [4.69, 9.17) is 0 Å². The highest BCUT2D eigenvalue weighted by molar-refractivity contribution is 7.17. The number of hydrogen-bond donors (Lipinski definition) is 0. The minimum absolute atomic E-state index is 0.945. The molecule has 0 aromatic carbocycles. The highest BCUT2D eigenvalue weighted by atomic mass is 32.1. The molecule has 0 radical (unpaired) electrons. The summed E-state index contributed by atoms with van der Waals surface area (Å²) in [6.07, 6.45) is 2.07. The van der Waals surface area contributed by atoms with Gasteiger partial charge in [-0.25, -0.2) is 0 Å². The van der Waals surface area contributed by atoms with Gasteiger partial charge in [-0.1, -0.05) is 25.2 Å². The predicted molar refractivity (Wildman–Crippen MR) is 89.4 cm³/mol. The number of rotatable bonds is 8. The summed E-state index contributed by atoms with van der Waals surface area (Å²) in [6, 6.07) is 4.24. The molecule has 6 heteroatoms. The Morgan fingerprint density at radius 2 is 1.76 bits per heavy atom. The van der Waals surface area contributed by atoms with Crippen LogP contribution in [0.2, 0.25) is 0 Å². The molecule has 0 saturated heterocycles. The summed E-state index contributed by atoms with van der Waals surface area (Å²) < 4.78 is 2.16. The fourth-order valence-electron chi connectivity index (χ4n) is 2.34. The molecule has 116 valence electrons. The molecule has 0 spiro atoms. The van der Waals surface area contributed by atoms with Crippen molar-refractivity contribution >= 4 is 16.5 Å². The third kappa shape index (κ3) is 3.63. The van der Waals surface area contributed by atoms with Gasteiger partial charge in [-0.3, -0.25) is 9.47 Å². The number of hydrogen-bond acceptors (Lipinski definition) is 5. The molecule has 0 atom stereocenters. The summed E-state index contributed by atoms with van der Waals surface area (Å²) in [7, 11) is 0. The second-order valence-electron chi connectivity index (χ2n) is 4.87. The van der Waals surface area contributed by atoms with Gasteiger partial charge in [-0.05, 0) is 39.1 Å². The molecule has 0 unspecified atom stereocenters. The van der Waals surface area contributed by atoms with Crippen LogP contribution in [0.4, 0.5) is 5.13 Å². The third-order valence-electron chi connectivity index (χ3n) is 3.76. The highest BCUT2D eigenvalue weighted by Crippen LogP contribution is 2.24. The van der Waals surface area contributed by atoms with Crippen molar-refractivity contribution in [3.8, 4) is 5.13 Å². The van der Waals surface area contributed by atoms with Crippen LogP contribution in [0.25, 0.3) is 5.13 Å². The molecule has 2 aromatic rings. The van der Waals surface area contributed by atoms with Gasteiger partial charge in [0.15, 0.2) is 0 Å². The monoisotopic (exact) mass is 307 g/mol. The summed E-state index contributed by atoms with van der Waals surface area (Å²) in [5.41, 5.74) is 1.26. The maximum absolute atomic E-state index is 4.37. The van der Waals surface area contributed by atoms with Crippen molar-refractivity contribution in [1.29, 1.82) is 0 Å². The second kappa shape index (κ2) is 7.56. The van der Waals surface area contributed by atoms with Crippen LogP contribution >= 0.6 is 11.3 Å². The first-order chi connectivity index (χ1) is 10.2. The lowest BCUT2D eigenvalue weighted by molar-refractivity contribution is 0.290. The molecule has 21 heavy (non-hydrogen) atoms. The van der Waals surface area contributed by atoms with Gasteiger partial charge in [-0.2, -0.15) is 0 Å². The lowest BCUT2D eigenvalue weighted by Gasteiger charge is -2.18. The first kappa shape index (κ1) is 16.0. The molecule has 2 heterocycles. The van der Waals surface area contributed by atoms with Crippen molar-refractivity contribution in [3.63, 3.8) is 0 Å². The fourth-order valence-corrected chi connectivity index (χ4v) is 3.33. The summed E-state index contributed by atoms with van der Waals surface area (Å²) in [6.45, 7) is 13.7. The maximum atomic E-state index is 4.37. The first-order valence-electron chi connectivity index (χ1n) is 7.70. The quantitative estimate of drug-likeness (QED) is 0.751. The van der Waals surface area contributed by atoms with Crippen LogP contribution in [0.1, 0.15) is 33.4 Å². The van der Waals surface area contributed by atoms with Crippen LogP contribution in [-0.2, 0) is 6.54 Å². The Morgan fingerprint density at radius 3 is 2.38 bits per heavy atom. The molecule has 0 N–H and O–H groups in total. The Hall–Kier alpha value is -1.40. The molecule has 0 bridgehead atoms. The van der Waals surface area contributed by atoms with Crippen LogP contribution < -0.4 is 4.90 Å². The first-order valence-corrected chi connectivity index (χ1v) is 8.52. The molecule has 2 rings (SSSR count). The van der Waals surface area contributed by atoms with Gasteiger partial charge in [-0.15, -0.1) is 10.2 Å². The normalized spacial score (nSPS) is 11.3. The molecular formula is C15H25N5S. The van der Waals surface area contributed by atoms with Crippen molar-refractivity contribution in [2.24, 2.45) is 0 Å². The Balaban J connectivity index is 2.21. The van der Waals surface area contributed by atoms with Gasteiger partial charge in [0, 0.05) is 31.5 Å². The van der Waals surface area contributed by atoms with Gasteiger partial charge >= 0.3 is 0 Å². The lowest BCUT2D eigenvalue weighted by Crippen LogP contribution is -2.23. The van der Waals surface area contributed by atoms with E-state index in [0.717, 1.165) is 43.0 Å². The smallest absolute Gasteiger partial charge is 0.218 e. The van der Waals surface area contributed by atoms with Gasteiger partial charge in [0.1, 0.15) is 0 Å². The predicted octanol–water partition coefficient (Wildman–Crippen LogP) is 3.02. The van der Waals surface area contributed by atoms with E-state index >= 15 is 0 Å². The zero-order chi connectivity index (χ0) is 15.2. The van der Waals surface area contributed by atoms with Crippen LogP contribution in [0, 0.1) is 0 Å². The topological polar surface area (TPSA) is 37.2 Å². The minimum atomic E-state index is 0.945. The zero-order valence-electron chi connectivity index (χ0n) is 13.4. The van der Waals surface area contributed by atoms with Crippen LogP contribution in [0.15, 0.2) is 18.3 Å². The largest absolute Gasteiger partial charge is 0.347 e. The molecule has 2 aromatic heterocycles. The summed E-state index contributed by atoms with van der Waals surface area (Å²) in [5, 5.41) is 10.6. The van der Waals surface area contributed by atoms with Gasteiger partial charge < -0.3 is 4.90 Å². The summed E-state index contributed by atoms with van der Waals surface area (Å²) in [4.78, 5) is 4.63. The molecular weight excluding hydrogens is 282 g/mol. The van der Waals surface area contributed by atoms with Gasteiger partial charge in [0.05, 0.1) is 0 Å². The Morgan fingerprint density at radius 1 is 1.05 bits per heavy atom. The molecule has 0 aliphatic rings. The van der Waals surface area contributed by atoms with E-state index in [1.807, 2.05) is 0 Å². The van der Waals surface area contributed by atoms with E-state index in [1.54, 1.807) is 11.3 Å². The van der Waals surface area contributed by atoms with Crippen molar-refractivity contribution < 1.29 is 0 Å². The van der Waals surface area contributed by atoms with Crippen molar-refractivity contribution in [2.75, 3.05) is 31.1 Å². The number of nitrogens with zero attached hydrogens (tertiary/aromatic N) is 5. The fraction of sp³-hybridized carbons (Fsp3) is 0.600. The molecule has 0 amide bonds. The summed E-state index contributed by atoms with van der Waals surface area (Å²) >= 11 is 1.65. The Bertz CT molecular complexity index is 540. The van der Waals surface area contributed by atoms with Crippen LogP contribution in [0.5, 0.6) is 0 Å². The standard InChI is InChI=1S/C15H25N5S/c1-5-18(6-2)12-13-10-9-11-20(13)15-17-16-14(21-15)19(7-3)8-4/h9-11H,5-8,12H2,1-4H3. The van der Waals surface area contributed by atoms with Crippen molar-refractivity contribution in [1.82, 2.24) is 19.7 Å². The van der Waals surface area contributed by atoms with Crippen molar-refractivity contribution in [3.05, 3.63) is 24.0 Å². The number of aromatic nitrogens is 3.